The number of hydrogen-bond acceptors (Lipinski definition) is 3. The van der Waals surface area contributed by atoms with Crippen LogP contribution < -0.4 is 0 Å². The molecule has 4 rings (SSSR count). The van der Waals surface area contributed by atoms with Crippen LogP contribution in [0.4, 0.5) is 0 Å². The zero-order valence-corrected chi connectivity index (χ0v) is 15.0. The molecule has 0 atom stereocenters. The topological polar surface area (TPSA) is 41.6 Å². The Balaban J connectivity index is 1.72. The van der Waals surface area contributed by atoms with E-state index in [1.807, 2.05) is 30.3 Å². The van der Waals surface area contributed by atoms with E-state index in [-0.39, 0.29) is 0 Å². The number of nitrogens with one attached hydrogen (secondary N) is 1. The largest absolute Gasteiger partial charge is 0.351 e. The molecule has 2 heterocycles. The SMILES string of the molecule is Clc1ccc(CSc2ncnc3c2[nH]c2ccc(Br)cc23)cc1. The molecule has 0 aliphatic carbocycles. The summed E-state index contributed by atoms with van der Waals surface area (Å²) in [5.41, 5.74) is 4.22. The molecule has 23 heavy (non-hydrogen) atoms. The maximum absolute atomic E-state index is 5.93. The van der Waals surface area contributed by atoms with Crippen molar-refractivity contribution in [1.82, 2.24) is 15.0 Å². The summed E-state index contributed by atoms with van der Waals surface area (Å²) in [5.74, 6) is 0.836. The van der Waals surface area contributed by atoms with Crippen molar-refractivity contribution < 1.29 is 0 Å². The number of nitrogens with zero attached hydrogens (tertiary/aromatic N) is 2. The molecule has 0 amide bonds. The molecule has 0 bridgehead atoms. The monoisotopic (exact) mass is 403 g/mol. The quantitative estimate of drug-likeness (QED) is 0.345. The highest BCUT2D eigenvalue weighted by Crippen LogP contribution is 2.32. The van der Waals surface area contributed by atoms with Crippen molar-refractivity contribution in [2.75, 3.05) is 0 Å². The van der Waals surface area contributed by atoms with Crippen LogP contribution in [0.3, 0.4) is 0 Å². The average molecular weight is 405 g/mol. The highest BCUT2D eigenvalue weighted by atomic mass is 79.9. The van der Waals surface area contributed by atoms with Gasteiger partial charge in [0.25, 0.3) is 0 Å². The minimum atomic E-state index is 0.754. The fourth-order valence-corrected chi connectivity index (χ4v) is 3.88. The molecule has 2 aromatic heterocycles. The van der Waals surface area contributed by atoms with E-state index >= 15 is 0 Å². The van der Waals surface area contributed by atoms with E-state index in [4.69, 9.17) is 11.6 Å². The van der Waals surface area contributed by atoms with Crippen molar-refractivity contribution in [3.8, 4) is 0 Å². The predicted octanol–water partition coefficient (Wildman–Crippen LogP) is 5.82. The second kappa shape index (κ2) is 6.15. The lowest BCUT2D eigenvalue weighted by Gasteiger charge is -2.02. The first-order chi connectivity index (χ1) is 11.2. The summed E-state index contributed by atoms with van der Waals surface area (Å²) < 4.78 is 1.04. The van der Waals surface area contributed by atoms with Crippen LogP contribution in [0.2, 0.25) is 5.02 Å². The van der Waals surface area contributed by atoms with E-state index in [1.54, 1.807) is 18.1 Å². The van der Waals surface area contributed by atoms with Gasteiger partial charge in [0, 0.05) is 26.2 Å². The third-order valence-corrected chi connectivity index (χ3v) is 5.40. The van der Waals surface area contributed by atoms with Gasteiger partial charge in [0.1, 0.15) is 16.9 Å². The summed E-state index contributed by atoms with van der Waals surface area (Å²) in [6, 6.07) is 14.0. The zero-order chi connectivity index (χ0) is 15.8. The predicted molar refractivity (Wildman–Crippen MR) is 100 cm³/mol. The van der Waals surface area contributed by atoms with Gasteiger partial charge in [0.05, 0.1) is 5.52 Å². The molecule has 0 radical (unpaired) electrons. The summed E-state index contributed by atoms with van der Waals surface area (Å²) in [7, 11) is 0. The lowest BCUT2D eigenvalue weighted by molar-refractivity contribution is 1.09. The van der Waals surface area contributed by atoms with Gasteiger partial charge in [-0.1, -0.05) is 51.4 Å². The van der Waals surface area contributed by atoms with Crippen LogP contribution in [0, 0.1) is 0 Å². The maximum atomic E-state index is 5.93. The minimum absolute atomic E-state index is 0.754. The first-order valence-corrected chi connectivity index (χ1v) is 9.15. The molecule has 2 aromatic carbocycles. The number of fused-ring (bicyclic) bond motifs is 3. The second-order valence-corrected chi connectivity index (χ2v) is 7.45. The molecule has 0 saturated carbocycles. The number of benzene rings is 2. The van der Waals surface area contributed by atoms with Crippen LogP contribution in [-0.2, 0) is 5.75 Å². The van der Waals surface area contributed by atoms with Crippen molar-refractivity contribution in [3.05, 3.63) is 63.9 Å². The maximum Gasteiger partial charge on any atom is 0.124 e. The highest BCUT2D eigenvalue weighted by molar-refractivity contribution is 9.10. The molecule has 0 unspecified atom stereocenters. The molecule has 114 valence electrons. The number of thioether (sulfide) groups is 1. The van der Waals surface area contributed by atoms with Crippen LogP contribution >= 0.6 is 39.3 Å². The lowest BCUT2D eigenvalue weighted by atomic mass is 10.2. The van der Waals surface area contributed by atoms with Crippen molar-refractivity contribution in [3.63, 3.8) is 0 Å². The Kier molecular flexibility index (Phi) is 4.01. The lowest BCUT2D eigenvalue weighted by Crippen LogP contribution is -1.87. The van der Waals surface area contributed by atoms with Crippen LogP contribution in [-0.4, -0.2) is 15.0 Å². The molecular weight excluding hydrogens is 394 g/mol. The fourth-order valence-electron chi connectivity index (χ4n) is 2.48. The number of halogens is 2. The zero-order valence-electron chi connectivity index (χ0n) is 11.9. The highest BCUT2D eigenvalue weighted by Gasteiger charge is 2.11. The average Bonchev–Trinajstić information content (AvgIpc) is 2.93. The molecule has 6 heteroatoms. The molecule has 0 aliphatic heterocycles. The summed E-state index contributed by atoms with van der Waals surface area (Å²) in [4.78, 5) is 12.3. The molecule has 0 saturated heterocycles. The summed E-state index contributed by atoms with van der Waals surface area (Å²) in [6.07, 6.45) is 1.63. The van der Waals surface area contributed by atoms with Crippen molar-refractivity contribution >= 4 is 61.2 Å². The third kappa shape index (κ3) is 2.96. The van der Waals surface area contributed by atoms with Crippen molar-refractivity contribution in [2.45, 2.75) is 10.8 Å². The second-order valence-electron chi connectivity index (χ2n) is 5.13. The molecule has 3 nitrogen and oxygen atoms in total. The summed E-state index contributed by atoms with van der Waals surface area (Å²) in [6.45, 7) is 0. The number of H-pyrrole nitrogens is 1. The Hall–Kier alpha value is -1.56. The van der Waals surface area contributed by atoms with Gasteiger partial charge in [-0.3, -0.25) is 0 Å². The van der Waals surface area contributed by atoms with E-state index in [0.717, 1.165) is 42.2 Å². The van der Waals surface area contributed by atoms with Gasteiger partial charge in [-0.15, -0.1) is 0 Å². The molecule has 0 fully saturated rings. The van der Waals surface area contributed by atoms with E-state index in [9.17, 15) is 0 Å². The van der Waals surface area contributed by atoms with Gasteiger partial charge >= 0.3 is 0 Å². The molecule has 1 N–H and O–H groups in total. The third-order valence-electron chi connectivity index (χ3n) is 3.60. The summed E-state index contributed by atoms with van der Waals surface area (Å²) in [5, 5.41) is 2.81. The number of hydrogen-bond donors (Lipinski definition) is 1. The van der Waals surface area contributed by atoms with Gasteiger partial charge in [0.15, 0.2) is 0 Å². The van der Waals surface area contributed by atoms with Gasteiger partial charge in [-0.05, 0) is 35.9 Å². The minimum Gasteiger partial charge on any atom is -0.351 e. The van der Waals surface area contributed by atoms with Gasteiger partial charge < -0.3 is 4.98 Å². The van der Waals surface area contributed by atoms with Crippen molar-refractivity contribution in [2.24, 2.45) is 0 Å². The Morgan fingerprint density at radius 3 is 2.74 bits per heavy atom. The Morgan fingerprint density at radius 2 is 1.91 bits per heavy atom. The number of aromatic nitrogens is 3. The van der Waals surface area contributed by atoms with E-state index in [1.165, 1.54) is 5.56 Å². The van der Waals surface area contributed by atoms with E-state index in [0.29, 0.717) is 0 Å². The number of aromatic amines is 1. The van der Waals surface area contributed by atoms with Gasteiger partial charge in [-0.2, -0.15) is 0 Å². The molecule has 4 aromatic rings. The Labute approximate surface area is 150 Å². The Morgan fingerprint density at radius 1 is 1.09 bits per heavy atom. The molecular formula is C17H11BrClN3S. The number of rotatable bonds is 3. The standard InChI is InChI=1S/C17H11BrClN3S/c18-11-3-6-14-13(7-11)15-16(22-14)17(21-9-20-15)23-8-10-1-4-12(19)5-2-10/h1-7,9,22H,8H2. The van der Waals surface area contributed by atoms with E-state index in [2.05, 4.69) is 43.0 Å². The normalized spacial score (nSPS) is 11.4. The van der Waals surface area contributed by atoms with E-state index < -0.39 is 0 Å². The van der Waals surface area contributed by atoms with Crippen LogP contribution in [0.15, 0.2) is 58.3 Å². The van der Waals surface area contributed by atoms with Crippen LogP contribution in [0.5, 0.6) is 0 Å². The summed E-state index contributed by atoms with van der Waals surface area (Å²) >= 11 is 11.1. The van der Waals surface area contributed by atoms with Crippen LogP contribution in [0.1, 0.15) is 5.56 Å². The molecule has 0 spiro atoms. The fraction of sp³-hybridized carbons (Fsp3) is 0.0588. The van der Waals surface area contributed by atoms with Gasteiger partial charge in [-0.25, -0.2) is 9.97 Å². The van der Waals surface area contributed by atoms with Crippen molar-refractivity contribution in [1.29, 1.82) is 0 Å². The van der Waals surface area contributed by atoms with Crippen LogP contribution in [0.25, 0.3) is 21.9 Å². The van der Waals surface area contributed by atoms with Gasteiger partial charge in [0.2, 0.25) is 0 Å². The molecule has 0 aliphatic rings. The smallest absolute Gasteiger partial charge is 0.124 e. The Bertz CT molecular complexity index is 998. The first kappa shape index (κ1) is 15.0. The first-order valence-electron chi connectivity index (χ1n) is 7.00.